The lowest BCUT2D eigenvalue weighted by atomic mass is 10.0. The summed E-state index contributed by atoms with van der Waals surface area (Å²) in [6.07, 6.45) is 3.05. The van der Waals surface area contributed by atoms with Crippen molar-refractivity contribution in [3.05, 3.63) is 35.9 Å². The second-order valence-electron chi connectivity index (χ2n) is 5.18. The summed E-state index contributed by atoms with van der Waals surface area (Å²) in [4.78, 5) is 13.6. The van der Waals surface area contributed by atoms with Crippen molar-refractivity contribution in [2.24, 2.45) is 5.92 Å². The topological polar surface area (TPSA) is 40.5 Å². The summed E-state index contributed by atoms with van der Waals surface area (Å²) in [5.41, 5.74) is 0.675. The van der Waals surface area contributed by atoms with Crippen LogP contribution in [0.15, 0.2) is 30.3 Å². The largest absolute Gasteiger partial charge is 0.480 e. The van der Waals surface area contributed by atoms with E-state index in [1.165, 1.54) is 5.56 Å². The first-order chi connectivity index (χ1) is 8.23. The first-order valence-corrected chi connectivity index (χ1v) is 6.26. The van der Waals surface area contributed by atoms with Crippen LogP contribution in [0.25, 0.3) is 0 Å². The van der Waals surface area contributed by atoms with Crippen LogP contribution in [0, 0.1) is 5.92 Å². The van der Waals surface area contributed by atoms with Crippen molar-refractivity contribution in [2.45, 2.75) is 31.3 Å². The van der Waals surface area contributed by atoms with E-state index in [2.05, 4.69) is 17.0 Å². The van der Waals surface area contributed by atoms with Crippen LogP contribution in [0.4, 0.5) is 0 Å². The van der Waals surface area contributed by atoms with Gasteiger partial charge in [-0.05, 0) is 37.3 Å². The molecule has 3 rings (SSSR count). The Labute approximate surface area is 101 Å². The summed E-state index contributed by atoms with van der Waals surface area (Å²) in [5, 5.41) is 9.45. The number of carbonyl (C=O) groups is 1. The van der Waals surface area contributed by atoms with Gasteiger partial charge in [-0.2, -0.15) is 0 Å². The second kappa shape index (κ2) is 3.84. The van der Waals surface area contributed by atoms with Crippen molar-refractivity contribution in [1.29, 1.82) is 0 Å². The normalized spacial score (nSPS) is 31.9. The predicted molar refractivity (Wildman–Crippen MR) is 64.6 cm³/mol. The molecule has 90 valence electrons. The van der Waals surface area contributed by atoms with Gasteiger partial charge in [0, 0.05) is 6.54 Å². The van der Waals surface area contributed by atoms with E-state index >= 15 is 0 Å². The Kier molecular flexibility index (Phi) is 2.44. The zero-order valence-electron chi connectivity index (χ0n) is 9.80. The minimum absolute atomic E-state index is 0.387. The van der Waals surface area contributed by atoms with Gasteiger partial charge >= 0.3 is 5.97 Å². The third-order valence-corrected chi connectivity index (χ3v) is 4.20. The number of rotatable bonds is 3. The van der Waals surface area contributed by atoms with E-state index in [1.807, 2.05) is 18.2 Å². The van der Waals surface area contributed by atoms with E-state index in [9.17, 15) is 9.90 Å². The molecule has 2 aliphatic rings. The molecule has 0 aromatic heterocycles. The molecular weight excluding hydrogens is 214 g/mol. The lowest BCUT2D eigenvalue weighted by molar-refractivity contribution is -0.147. The third-order valence-electron chi connectivity index (χ3n) is 4.20. The van der Waals surface area contributed by atoms with E-state index in [4.69, 9.17) is 0 Å². The van der Waals surface area contributed by atoms with E-state index in [1.54, 1.807) is 0 Å². The summed E-state index contributed by atoms with van der Waals surface area (Å²) < 4.78 is 0. The monoisotopic (exact) mass is 231 g/mol. The minimum Gasteiger partial charge on any atom is -0.480 e. The number of fused-ring (bicyclic) bond motifs is 1. The summed E-state index contributed by atoms with van der Waals surface area (Å²) in [6.45, 7) is 1.68. The van der Waals surface area contributed by atoms with Gasteiger partial charge in [-0.3, -0.25) is 9.69 Å². The molecule has 0 unspecified atom stereocenters. The van der Waals surface area contributed by atoms with Crippen molar-refractivity contribution < 1.29 is 9.90 Å². The van der Waals surface area contributed by atoms with E-state index < -0.39 is 11.5 Å². The highest BCUT2D eigenvalue weighted by atomic mass is 16.4. The molecule has 2 fully saturated rings. The maximum Gasteiger partial charge on any atom is 0.324 e. The van der Waals surface area contributed by atoms with Gasteiger partial charge in [0.05, 0.1) is 0 Å². The van der Waals surface area contributed by atoms with Crippen molar-refractivity contribution in [2.75, 3.05) is 6.54 Å². The third kappa shape index (κ3) is 1.65. The zero-order chi connectivity index (χ0) is 11.9. The second-order valence-corrected chi connectivity index (χ2v) is 5.18. The smallest absolute Gasteiger partial charge is 0.324 e. The molecule has 0 amide bonds. The van der Waals surface area contributed by atoms with Crippen LogP contribution in [0.3, 0.4) is 0 Å². The van der Waals surface area contributed by atoms with Gasteiger partial charge in [-0.25, -0.2) is 0 Å². The van der Waals surface area contributed by atoms with Crippen molar-refractivity contribution in [3.8, 4) is 0 Å². The Morgan fingerprint density at radius 2 is 2.18 bits per heavy atom. The maximum absolute atomic E-state index is 11.5. The Balaban J connectivity index is 1.80. The standard InChI is InChI=1S/C14H17NO2/c16-13(17)14-9-12(14)7-4-8-15(14)10-11-5-2-1-3-6-11/h1-3,5-6,12H,4,7-10H2,(H,16,17)/t12-,14+/m1/s1. The highest BCUT2D eigenvalue weighted by Crippen LogP contribution is 2.54. The molecule has 17 heavy (non-hydrogen) atoms. The molecule has 1 aliphatic carbocycles. The minimum atomic E-state index is -0.627. The average Bonchev–Trinajstić information content (AvgIpc) is 3.07. The molecule has 1 aromatic carbocycles. The molecule has 0 bridgehead atoms. The van der Waals surface area contributed by atoms with Gasteiger partial charge in [-0.15, -0.1) is 0 Å². The van der Waals surface area contributed by atoms with Gasteiger partial charge < -0.3 is 5.11 Å². The van der Waals surface area contributed by atoms with Gasteiger partial charge in [0.25, 0.3) is 0 Å². The number of likely N-dealkylation sites (tertiary alicyclic amines) is 1. The molecule has 2 atom stereocenters. The summed E-state index contributed by atoms with van der Waals surface area (Å²) in [6, 6.07) is 10.2. The Hall–Kier alpha value is -1.35. The number of carboxylic acid groups (broad SMARTS) is 1. The fourth-order valence-electron chi connectivity index (χ4n) is 3.19. The molecule has 1 aliphatic heterocycles. The van der Waals surface area contributed by atoms with Crippen LogP contribution in [-0.2, 0) is 11.3 Å². The predicted octanol–water partition coefficient (Wildman–Crippen LogP) is 2.13. The Morgan fingerprint density at radius 3 is 2.88 bits per heavy atom. The van der Waals surface area contributed by atoms with Crippen LogP contribution in [0.5, 0.6) is 0 Å². The SMILES string of the molecule is O=C(O)[C@]12C[C@H]1CCCN2Cc1ccccc1. The zero-order valence-corrected chi connectivity index (χ0v) is 9.80. The van der Waals surface area contributed by atoms with Gasteiger partial charge in [0.2, 0.25) is 0 Å². The molecular formula is C14H17NO2. The van der Waals surface area contributed by atoms with E-state index in [0.29, 0.717) is 5.92 Å². The molecule has 1 aromatic rings. The number of piperidine rings is 1. The van der Waals surface area contributed by atoms with Gasteiger partial charge in [-0.1, -0.05) is 30.3 Å². The molecule has 1 saturated heterocycles. The lowest BCUT2D eigenvalue weighted by Crippen LogP contribution is -2.47. The highest BCUT2D eigenvalue weighted by molar-refractivity contribution is 5.83. The average molecular weight is 231 g/mol. The number of hydrogen-bond acceptors (Lipinski definition) is 2. The van der Waals surface area contributed by atoms with Crippen molar-refractivity contribution in [1.82, 2.24) is 4.90 Å². The van der Waals surface area contributed by atoms with Gasteiger partial charge in [0.15, 0.2) is 0 Å². The van der Waals surface area contributed by atoms with Crippen LogP contribution in [-0.4, -0.2) is 28.1 Å². The van der Waals surface area contributed by atoms with Crippen LogP contribution in [0.1, 0.15) is 24.8 Å². The molecule has 1 saturated carbocycles. The number of hydrogen-bond donors (Lipinski definition) is 1. The first-order valence-electron chi connectivity index (χ1n) is 6.26. The number of carboxylic acids is 1. The fourth-order valence-corrected chi connectivity index (χ4v) is 3.19. The molecule has 0 spiro atoms. The summed E-state index contributed by atoms with van der Waals surface area (Å²) in [5.74, 6) is -0.240. The number of aliphatic carboxylic acids is 1. The van der Waals surface area contributed by atoms with Crippen molar-refractivity contribution >= 4 is 5.97 Å². The summed E-state index contributed by atoms with van der Waals surface area (Å²) in [7, 11) is 0. The van der Waals surface area contributed by atoms with Gasteiger partial charge in [0.1, 0.15) is 5.54 Å². The van der Waals surface area contributed by atoms with E-state index in [-0.39, 0.29) is 0 Å². The highest BCUT2D eigenvalue weighted by Gasteiger charge is 2.65. The molecule has 1 N–H and O–H groups in total. The van der Waals surface area contributed by atoms with E-state index in [0.717, 1.165) is 32.4 Å². The molecule has 3 nitrogen and oxygen atoms in total. The van der Waals surface area contributed by atoms with Crippen LogP contribution in [0.2, 0.25) is 0 Å². The quantitative estimate of drug-likeness (QED) is 0.866. The number of nitrogens with zero attached hydrogens (tertiary/aromatic N) is 1. The maximum atomic E-state index is 11.5. The summed E-state index contributed by atoms with van der Waals surface area (Å²) >= 11 is 0. The molecule has 0 radical (unpaired) electrons. The lowest BCUT2D eigenvalue weighted by Gasteiger charge is -2.33. The molecule has 1 heterocycles. The fraction of sp³-hybridized carbons (Fsp3) is 0.500. The van der Waals surface area contributed by atoms with Crippen LogP contribution >= 0.6 is 0 Å². The van der Waals surface area contributed by atoms with Crippen LogP contribution < -0.4 is 0 Å². The van der Waals surface area contributed by atoms with Crippen molar-refractivity contribution in [3.63, 3.8) is 0 Å². The first kappa shape index (κ1) is 10.8. The Morgan fingerprint density at radius 1 is 1.41 bits per heavy atom. The molecule has 3 heteroatoms. The number of benzene rings is 1. The Bertz CT molecular complexity index is 431.